The highest BCUT2D eigenvalue weighted by atomic mass is 16.3. The molecule has 0 amide bonds. The molecule has 1 aliphatic rings. The summed E-state index contributed by atoms with van der Waals surface area (Å²) in [6.07, 6.45) is 5.38. The molecule has 1 unspecified atom stereocenters. The summed E-state index contributed by atoms with van der Waals surface area (Å²) in [6, 6.07) is 62.8. The third-order valence-corrected chi connectivity index (χ3v) is 11.7. The molecular weight excluding hydrogens is 685 g/mol. The van der Waals surface area contributed by atoms with Gasteiger partial charge in [-0.2, -0.15) is 0 Å². The second-order valence-electron chi connectivity index (χ2n) is 14.8. The molecule has 0 saturated heterocycles. The maximum atomic E-state index is 6.96. The van der Waals surface area contributed by atoms with Gasteiger partial charge in [-0.15, -0.1) is 0 Å². The zero-order chi connectivity index (χ0) is 36.7. The van der Waals surface area contributed by atoms with Crippen molar-refractivity contribution < 1.29 is 8.83 Å². The molecule has 0 bridgehead atoms. The number of fused-ring (bicyclic) bond motifs is 11. The van der Waals surface area contributed by atoms with E-state index < -0.39 is 0 Å². The number of aromatic nitrogens is 1. The van der Waals surface area contributed by atoms with Gasteiger partial charge in [0.25, 0.3) is 0 Å². The molecule has 0 N–H and O–H groups in total. The van der Waals surface area contributed by atoms with E-state index in [-0.39, 0.29) is 5.92 Å². The lowest BCUT2D eigenvalue weighted by molar-refractivity contribution is 0.519. The van der Waals surface area contributed by atoms with Crippen molar-refractivity contribution in [1.82, 2.24) is 4.57 Å². The number of anilines is 3. The first-order valence-corrected chi connectivity index (χ1v) is 19.3. The number of nitrogens with zero attached hydrogens (tertiary/aromatic N) is 2. The Morgan fingerprint density at radius 1 is 0.482 bits per heavy atom. The summed E-state index contributed by atoms with van der Waals surface area (Å²) >= 11 is 0. The molecule has 0 fully saturated rings. The number of hydrogen-bond acceptors (Lipinski definition) is 3. The molecule has 264 valence electrons. The van der Waals surface area contributed by atoms with Gasteiger partial charge < -0.3 is 18.3 Å². The molecule has 0 aliphatic heterocycles. The van der Waals surface area contributed by atoms with E-state index in [4.69, 9.17) is 8.83 Å². The summed E-state index contributed by atoms with van der Waals surface area (Å²) in [6.45, 7) is 0. The van der Waals surface area contributed by atoms with Gasteiger partial charge in [-0.25, -0.2) is 0 Å². The van der Waals surface area contributed by atoms with Crippen LogP contribution in [-0.2, 0) is 0 Å². The highest BCUT2D eigenvalue weighted by Gasteiger charge is 2.30. The minimum atomic E-state index is 0.00612. The average Bonchev–Trinajstić information content (AvgIpc) is 3.95. The van der Waals surface area contributed by atoms with E-state index in [9.17, 15) is 0 Å². The Morgan fingerprint density at radius 3 is 1.96 bits per heavy atom. The van der Waals surface area contributed by atoms with Crippen LogP contribution in [0.3, 0.4) is 0 Å². The number of furan rings is 2. The van der Waals surface area contributed by atoms with Crippen LogP contribution in [-0.4, -0.2) is 4.57 Å². The monoisotopic (exact) mass is 718 g/mol. The molecule has 3 heterocycles. The van der Waals surface area contributed by atoms with E-state index in [1.54, 1.807) is 0 Å². The first-order chi connectivity index (χ1) is 27.8. The Labute approximate surface area is 322 Å². The quantitative estimate of drug-likeness (QED) is 0.178. The standard InChI is InChI=1S/C52H34N2O2/c1-2-14-36-33(13-1)27-32-44-43-20-11-19-41(51(43)56-50(36)44)39-17-5-9-24-47(39)54(48-25-12-21-42-40-18-6-10-26-49(40)55-52(42)48)35-30-28-34(29-31-35)53-45-22-7-3-15-37(45)38-16-4-8-23-46(38)53/h1-18,20-32,41H,19H2. The van der Waals surface area contributed by atoms with Gasteiger partial charge in [0.2, 0.25) is 0 Å². The van der Waals surface area contributed by atoms with E-state index >= 15 is 0 Å². The maximum Gasteiger partial charge on any atom is 0.159 e. The lowest BCUT2D eigenvalue weighted by Crippen LogP contribution is -2.15. The Balaban J connectivity index is 1.07. The Morgan fingerprint density at radius 2 is 1.14 bits per heavy atom. The van der Waals surface area contributed by atoms with Gasteiger partial charge in [0, 0.05) is 55.2 Å². The van der Waals surface area contributed by atoms with Crippen molar-refractivity contribution in [2.75, 3.05) is 4.90 Å². The predicted molar refractivity (Wildman–Crippen MR) is 232 cm³/mol. The predicted octanol–water partition coefficient (Wildman–Crippen LogP) is 14.6. The van der Waals surface area contributed by atoms with Crippen LogP contribution in [0.15, 0.2) is 191 Å². The van der Waals surface area contributed by atoms with Crippen molar-refractivity contribution in [1.29, 1.82) is 0 Å². The van der Waals surface area contributed by atoms with Crippen molar-refractivity contribution in [3.8, 4) is 5.69 Å². The Kier molecular flexibility index (Phi) is 6.72. The summed E-state index contributed by atoms with van der Waals surface area (Å²) in [5, 5.41) is 8.17. The molecule has 8 aromatic carbocycles. The zero-order valence-corrected chi connectivity index (χ0v) is 30.4. The first-order valence-electron chi connectivity index (χ1n) is 19.3. The van der Waals surface area contributed by atoms with Crippen LogP contribution in [0.25, 0.3) is 77.2 Å². The molecule has 3 aromatic heterocycles. The van der Waals surface area contributed by atoms with Gasteiger partial charge in [-0.1, -0.05) is 127 Å². The molecule has 4 nitrogen and oxygen atoms in total. The van der Waals surface area contributed by atoms with Crippen molar-refractivity contribution in [3.63, 3.8) is 0 Å². The molecule has 0 radical (unpaired) electrons. The maximum absolute atomic E-state index is 6.96. The van der Waals surface area contributed by atoms with Crippen LogP contribution >= 0.6 is 0 Å². The van der Waals surface area contributed by atoms with Crippen molar-refractivity contribution in [3.05, 3.63) is 199 Å². The van der Waals surface area contributed by atoms with Crippen LogP contribution in [0.2, 0.25) is 0 Å². The van der Waals surface area contributed by atoms with Gasteiger partial charge >= 0.3 is 0 Å². The smallest absolute Gasteiger partial charge is 0.159 e. The number of rotatable bonds is 5. The number of para-hydroxylation sites is 5. The summed E-state index contributed by atoms with van der Waals surface area (Å²) in [5.74, 6) is 1.02. The number of allylic oxidation sites excluding steroid dienone is 1. The molecular formula is C52H34N2O2. The molecule has 0 saturated carbocycles. The molecule has 11 aromatic rings. The van der Waals surface area contributed by atoms with Crippen molar-refractivity contribution >= 4 is 88.6 Å². The van der Waals surface area contributed by atoms with Crippen LogP contribution in [0.5, 0.6) is 0 Å². The highest BCUT2D eigenvalue weighted by molar-refractivity contribution is 6.11. The molecule has 0 spiro atoms. The van der Waals surface area contributed by atoms with E-state index in [2.05, 4.69) is 191 Å². The SMILES string of the molecule is C1=Cc2c(oc3c2ccc2ccccc23)C(c2ccccc2N(c2ccc(-n3c4ccccc4c4ccccc43)cc2)c2cccc3c2oc2ccccc23)C1. The lowest BCUT2D eigenvalue weighted by Gasteiger charge is -2.30. The fraction of sp³-hybridized carbons (Fsp3) is 0.0385. The highest BCUT2D eigenvalue weighted by Crippen LogP contribution is 2.49. The average molecular weight is 719 g/mol. The van der Waals surface area contributed by atoms with Crippen molar-refractivity contribution in [2.24, 2.45) is 0 Å². The summed E-state index contributed by atoms with van der Waals surface area (Å²) in [5.41, 5.74) is 11.6. The Hall–Kier alpha value is -7.30. The van der Waals surface area contributed by atoms with Crippen LogP contribution < -0.4 is 4.90 Å². The van der Waals surface area contributed by atoms with Gasteiger partial charge in [-0.3, -0.25) is 0 Å². The van der Waals surface area contributed by atoms with Gasteiger partial charge in [0.15, 0.2) is 5.58 Å². The summed E-state index contributed by atoms with van der Waals surface area (Å²) < 4.78 is 16.1. The van der Waals surface area contributed by atoms with E-state index in [0.717, 1.165) is 73.2 Å². The minimum Gasteiger partial charge on any atom is -0.459 e. The molecule has 12 rings (SSSR count). The normalized spacial score (nSPS) is 14.1. The summed E-state index contributed by atoms with van der Waals surface area (Å²) in [7, 11) is 0. The summed E-state index contributed by atoms with van der Waals surface area (Å²) in [4.78, 5) is 2.38. The van der Waals surface area contributed by atoms with E-state index in [0.29, 0.717) is 0 Å². The largest absolute Gasteiger partial charge is 0.459 e. The lowest BCUT2D eigenvalue weighted by atomic mass is 9.85. The first kappa shape index (κ1) is 31.1. The second kappa shape index (κ2) is 12.1. The van der Waals surface area contributed by atoms with E-state index in [1.165, 1.54) is 38.3 Å². The van der Waals surface area contributed by atoms with E-state index in [1.807, 2.05) is 6.07 Å². The zero-order valence-electron chi connectivity index (χ0n) is 30.4. The van der Waals surface area contributed by atoms with Gasteiger partial charge in [0.1, 0.15) is 16.9 Å². The topological polar surface area (TPSA) is 34.5 Å². The fourth-order valence-electron chi connectivity index (χ4n) is 9.24. The molecule has 4 heteroatoms. The van der Waals surface area contributed by atoms with Crippen LogP contribution in [0.1, 0.15) is 29.2 Å². The Bertz CT molecular complexity index is 3310. The second-order valence-corrected chi connectivity index (χ2v) is 14.8. The number of hydrogen-bond donors (Lipinski definition) is 0. The van der Waals surface area contributed by atoms with Crippen LogP contribution in [0, 0.1) is 0 Å². The van der Waals surface area contributed by atoms with Gasteiger partial charge in [-0.05, 0) is 78.0 Å². The third kappa shape index (κ3) is 4.53. The fourth-order valence-corrected chi connectivity index (χ4v) is 9.24. The van der Waals surface area contributed by atoms with Crippen molar-refractivity contribution in [2.45, 2.75) is 12.3 Å². The third-order valence-electron chi connectivity index (χ3n) is 11.7. The molecule has 1 atom stereocenters. The van der Waals surface area contributed by atoms with Gasteiger partial charge in [0.05, 0.1) is 22.4 Å². The van der Waals surface area contributed by atoms with Crippen LogP contribution in [0.4, 0.5) is 17.1 Å². The minimum absolute atomic E-state index is 0.00612. The molecule has 56 heavy (non-hydrogen) atoms. The number of benzene rings is 8. The molecule has 1 aliphatic carbocycles.